The van der Waals surface area contributed by atoms with Crippen LogP contribution in [0.3, 0.4) is 0 Å². The summed E-state index contributed by atoms with van der Waals surface area (Å²) >= 11 is 1.95. The molecule has 1 amide bonds. The van der Waals surface area contributed by atoms with Gasteiger partial charge in [0.25, 0.3) is 0 Å². The first kappa shape index (κ1) is 15.4. The number of likely N-dealkylation sites (N-methyl/N-ethyl adjacent to an activating group) is 1. The van der Waals surface area contributed by atoms with Gasteiger partial charge in [-0.05, 0) is 37.8 Å². The third kappa shape index (κ3) is 3.76. The largest absolute Gasteiger partial charge is 0.368 e. The quantitative estimate of drug-likeness (QED) is 0.847. The van der Waals surface area contributed by atoms with Crippen molar-refractivity contribution < 1.29 is 4.79 Å². The molecule has 110 valence electrons. The van der Waals surface area contributed by atoms with E-state index in [1.165, 1.54) is 12.0 Å². The summed E-state index contributed by atoms with van der Waals surface area (Å²) in [6.45, 7) is 2.82. The van der Waals surface area contributed by atoms with Crippen LogP contribution in [-0.2, 0) is 10.5 Å². The second-order valence-corrected chi connectivity index (χ2v) is 6.78. The van der Waals surface area contributed by atoms with Gasteiger partial charge in [0, 0.05) is 11.0 Å². The molecule has 0 bridgehead atoms. The first-order chi connectivity index (χ1) is 9.66. The van der Waals surface area contributed by atoms with E-state index >= 15 is 0 Å². The minimum atomic E-state index is -0.485. The number of hydrogen-bond donors (Lipinski definition) is 2. The second-order valence-electron chi connectivity index (χ2n) is 5.49. The Morgan fingerprint density at radius 3 is 2.85 bits per heavy atom. The van der Waals surface area contributed by atoms with Crippen LogP contribution in [0.1, 0.15) is 38.2 Å². The Kier molecular flexibility index (Phi) is 5.49. The molecule has 2 unspecified atom stereocenters. The Labute approximate surface area is 125 Å². The lowest BCUT2D eigenvalue weighted by atomic mass is 9.80. The summed E-state index contributed by atoms with van der Waals surface area (Å²) in [6.07, 6.45) is 3.98. The number of carbonyl (C=O) groups excluding carboxylic acids is 1. The lowest BCUT2D eigenvalue weighted by Crippen LogP contribution is -2.58. The number of nitrogens with two attached hydrogens (primary N) is 1. The van der Waals surface area contributed by atoms with Gasteiger partial charge in [-0.3, -0.25) is 4.79 Å². The smallest absolute Gasteiger partial charge is 0.237 e. The number of primary amides is 1. The molecule has 1 aromatic carbocycles. The highest BCUT2D eigenvalue weighted by Crippen LogP contribution is 2.36. The van der Waals surface area contributed by atoms with Gasteiger partial charge >= 0.3 is 0 Å². The Bertz CT molecular complexity index is 433. The number of nitrogens with one attached hydrogen (secondary N) is 1. The van der Waals surface area contributed by atoms with E-state index in [1.807, 2.05) is 24.8 Å². The number of hydrogen-bond acceptors (Lipinski definition) is 3. The SMILES string of the molecule is CCNC1(C(N)=O)CCCC(SCc2ccccc2)C1. The molecule has 1 aliphatic rings. The predicted octanol–water partition coefficient (Wildman–Crippen LogP) is 2.70. The highest BCUT2D eigenvalue weighted by molar-refractivity contribution is 7.99. The second kappa shape index (κ2) is 7.14. The predicted molar refractivity (Wildman–Crippen MR) is 85.6 cm³/mol. The average molecular weight is 292 g/mol. The average Bonchev–Trinajstić information content (AvgIpc) is 2.47. The van der Waals surface area contributed by atoms with Crippen LogP contribution in [0, 0.1) is 0 Å². The van der Waals surface area contributed by atoms with Crippen LogP contribution in [0.5, 0.6) is 0 Å². The van der Waals surface area contributed by atoms with Gasteiger partial charge in [-0.1, -0.05) is 37.3 Å². The summed E-state index contributed by atoms with van der Waals surface area (Å²) in [6, 6.07) is 10.5. The van der Waals surface area contributed by atoms with Crippen LogP contribution in [0.25, 0.3) is 0 Å². The maximum Gasteiger partial charge on any atom is 0.237 e. The molecule has 3 nitrogen and oxygen atoms in total. The first-order valence-corrected chi connectivity index (χ1v) is 8.41. The number of rotatable bonds is 6. The first-order valence-electron chi connectivity index (χ1n) is 7.37. The highest BCUT2D eigenvalue weighted by atomic mass is 32.2. The van der Waals surface area contributed by atoms with Crippen LogP contribution in [0.2, 0.25) is 0 Å². The monoisotopic (exact) mass is 292 g/mol. The van der Waals surface area contributed by atoms with Crippen molar-refractivity contribution in [2.45, 2.75) is 49.1 Å². The van der Waals surface area contributed by atoms with E-state index in [2.05, 4.69) is 29.6 Å². The molecule has 1 aromatic rings. The van der Waals surface area contributed by atoms with Crippen molar-refractivity contribution in [3.63, 3.8) is 0 Å². The van der Waals surface area contributed by atoms with Gasteiger partial charge in [0.1, 0.15) is 0 Å². The van der Waals surface area contributed by atoms with E-state index < -0.39 is 5.54 Å². The Morgan fingerprint density at radius 1 is 1.45 bits per heavy atom. The number of thioether (sulfide) groups is 1. The van der Waals surface area contributed by atoms with Crippen molar-refractivity contribution in [1.82, 2.24) is 5.32 Å². The molecule has 4 heteroatoms. The fraction of sp³-hybridized carbons (Fsp3) is 0.562. The molecule has 0 aromatic heterocycles. The van der Waals surface area contributed by atoms with Crippen molar-refractivity contribution in [3.05, 3.63) is 35.9 Å². The molecular formula is C16H24N2OS. The van der Waals surface area contributed by atoms with Crippen LogP contribution in [0.15, 0.2) is 30.3 Å². The molecule has 2 atom stereocenters. The van der Waals surface area contributed by atoms with E-state index in [9.17, 15) is 4.79 Å². The summed E-state index contributed by atoms with van der Waals surface area (Å²) in [5, 5.41) is 3.85. The van der Waals surface area contributed by atoms with Crippen molar-refractivity contribution in [1.29, 1.82) is 0 Å². The zero-order chi connectivity index (χ0) is 14.4. The molecule has 1 aliphatic carbocycles. The standard InChI is InChI=1S/C16H24N2OS/c1-2-18-16(15(17)19)10-6-9-14(11-16)20-12-13-7-4-3-5-8-13/h3-5,7-8,14,18H,2,6,9-12H2,1H3,(H2,17,19). The molecular weight excluding hydrogens is 268 g/mol. The number of amides is 1. The molecule has 20 heavy (non-hydrogen) atoms. The van der Waals surface area contributed by atoms with Gasteiger partial charge in [0.05, 0.1) is 5.54 Å². The molecule has 0 saturated heterocycles. The minimum absolute atomic E-state index is 0.190. The van der Waals surface area contributed by atoms with Crippen LogP contribution < -0.4 is 11.1 Å². The van der Waals surface area contributed by atoms with Crippen molar-refractivity contribution in [3.8, 4) is 0 Å². The van der Waals surface area contributed by atoms with Crippen LogP contribution >= 0.6 is 11.8 Å². The maximum atomic E-state index is 11.8. The third-order valence-electron chi connectivity index (χ3n) is 4.02. The molecule has 1 saturated carbocycles. The van der Waals surface area contributed by atoms with Crippen molar-refractivity contribution in [2.24, 2.45) is 5.73 Å². The molecule has 0 spiro atoms. The third-order valence-corrected chi connectivity index (χ3v) is 5.39. The summed E-state index contributed by atoms with van der Waals surface area (Å²) in [5.41, 5.74) is 6.51. The Morgan fingerprint density at radius 2 is 2.20 bits per heavy atom. The zero-order valence-corrected chi connectivity index (χ0v) is 12.9. The summed E-state index contributed by atoms with van der Waals surface area (Å²) < 4.78 is 0. The number of carbonyl (C=O) groups is 1. The van der Waals surface area contributed by atoms with Gasteiger partial charge in [0.15, 0.2) is 0 Å². The van der Waals surface area contributed by atoms with Crippen molar-refractivity contribution >= 4 is 17.7 Å². The highest BCUT2D eigenvalue weighted by Gasteiger charge is 2.40. The zero-order valence-electron chi connectivity index (χ0n) is 12.1. The Balaban J connectivity index is 1.94. The molecule has 0 heterocycles. The summed E-state index contributed by atoms with van der Waals surface area (Å²) in [5.74, 6) is 0.816. The normalized spacial score (nSPS) is 26.4. The van der Waals surface area contributed by atoms with Crippen LogP contribution in [-0.4, -0.2) is 23.2 Å². The lowest BCUT2D eigenvalue weighted by molar-refractivity contribution is -0.125. The van der Waals surface area contributed by atoms with Gasteiger partial charge in [-0.25, -0.2) is 0 Å². The van der Waals surface area contributed by atoms with E-state index in [1.54, 1.807) is 0 Å². The fourth-order valence-corrected chi connectivity index (χ4v) is 4.32. The topological polar surface area (TPSA) is 55.1 Å². The fourth-order valence-electron chi connectivity index (χ4n) is 2.96. The van der Waals surface area contributed by atoms with E-state index in [0.717, 1.165) is 31.6 Å². The lowest BCUT2D eigenvalue weighted by Gasteiger charge is -2.39. The summed E-state index contributed by atoms with van der Waals surface area (Å²) in [7, 11) is 0. The van der Waals surface area contributed by atoms with Gasteiger partial charge in [-0.2, -0.15) is 11.8 Å². The summed E-state index contributed by atoms with van der Waals surface area (Å²) in [4.78, 5) is 11.8. The van der Waals surface area contributed by atoms with Gasteiger partial charge < -0.3 is 11.1 Å². The van der Waals surface area contributed by atoms with Gasteiger partial charge in [-0.15, -0.1) is 0 Å². The van der Waals surface area contributed by atoms with E-state index in [0.29, 0.717) is 5.25 Å². The molecule has 3 N–H and O–H groups in total. The van der Waals surface area contributed by atoms with Crippen molar-refractivity contribution in [2.75, 3.05) is 6.54 Å². The minimum Gasteiger partial charge on any atom is -0.368 e. The van der Waals surface area contributed by atoms with E-state index in [-0.39, 0.29) is 5.91 Å². The number of benzene rings is 1. The molecule has 1 fully saturated rings. The molecule has 0 aliphatic heterocycles. The van der Waals surface area contributed by atoms with Crippen LogP contribution in [0.4, 0.5) is 0 Å². The maximum absolute atomic E-state index is 11.8. The van der Waals surface area contributed by atoms with E-state index in [4.69, 9.17) is 5.73 Å². The Hall–Kier alpha value is -1.00. The molecule has 0 radical (unpaired) electrons. The van der Waals surface area contributed by atoms with Gasteiger partial charge in [0.2, 0.25) is 5.91 Å². The molecule has 2 rings (SSSR count).